The van der Waals surface area contributed by atoms with Crippen molar-refractivity contribution in [3.8, 4) is 0 Å². The van der Waals surface area contributed by atoms with E-state index in [1.54, 1.807) is 12.1 Å². The van der Waals surface area contributed by atoms with Crippen LogP contribution in [0.2, 0.25) is 0 Å². The van der Waals surface area contributed by atoms with Crippen LogP contribution in [0.15, 0.2) is 52.2 Å². The highest BCUT2D eigenvalue weighted by Crippen LogP contribution is 2.33. The molecule has 26 heavy (non-hydrogen) atoms. The molecule has 2 heterocycles. The highest BCUT2D eigenvalue weighted by molar-refractivity contribution is 7.86. The van der Waals surface area contributed by atoms with E-state index in [2.05, 4.69) is 4.98 Å². The number of hydrogen-bond donors (Lipinski definition) is 3. The quantitative estimate of drug-likeness (QED) is 0.437. The molecule has 3 N–H and O–H groups in total. The van der Waals surface area contributed by atoms with E-state index in [9.17, 15) is 30.7 Å². The molecule has 0 aliphatic rings. The van der Waals surface area contributed by atoms with Gasteiger partial charge in [-0.15, -0.1) is 0 Å². The highest BCUT2D eigenvalue weighted by atomic mass is 32.2. The van der Waals surface area contributed by atoms with Crippen molar-refractivity contribution in [1.29, 1.82) is 0 Å². The summed E-state index contributed by atoms with van der Waals surface area (Å²) in [5, 5.41) is 0.643. The van der Waals surface area contributed by atoms with Gasteiger partial charge in [0, 0.05) is 16.2 Å². The number of nitrogens with zero attached hydrogens (tertiary/aromatic N) is 1. The van der Waals surface area contributed by atoms with Gasteiger partial charge in [-0.3, -0.25) is 13.9 Å². The molecule has 0 spiro atoms. The van der Waals surface area contributed by atoms with Crippen LogP contribution < -0.4 is 5.56 Å². The van der Waals surface area contributed by atoms with Crippen LogP contribution in [-0.4, -0.2) is 34.9 Å². The predicted molar refractivity (Wildman–Crippen MR) is 94.3 cm³/mol. The standard InChI is InChI=1S/C15H10N2O7S2/c18-15-10-4-2-1-3-9(10)14-13(16-15)11-6-5-8(25(19,20)21)7-12(11)17(14)26(22,23)24/h1-7H,(H,16,18)(H,19,20,21)(H,22,23,24). The molecule has 4 rings (SSSR count). The number of benzene rings is 2. The van der Waals surface area contributed by atoms with Crippen molar-refractivity contribution in [3.05, 3.63) is 52.8 Å². The first kappa shape index (κ1) is 16.7. The Hall–Kier alpha value is -2.73. The molecule has 0 atom stereocenters. The molecule has 0 amide bonds. The maximum Gasteiger partial charge on any atom is 0.364 e. The summed E-state index contributed by atoms with van der Waals surface area (Å²) in [6.07, 6.45) is 0. The summed E-state index contributed by atoms with van der Waals surface area (Å²) in [7, 11) is -9.47. The molecule has 0 radical (unpaired) electrons. The topological polar surface area (TPSA) is 147 Å². The van der Waals surface area contributed by atoms with Gasteiger partial charge in [0.25, 0.3) is 15.7 Å². The number of rotatable bonds is 2. The van der Waals surface area contributed by atoms with Crippen LogP contribution in [-0.2, 0) is 20.4 Å². The SMILES string of the molecule is O=c1[nH]c2c3ccc(S(=O)(=O)O)cc3n(S(=O)(=O)O)c2c2ccccc12. The lowest BCUT2D eigenvalue weighted by Crippen LogP contribution is -2.12. The molecule has 2 aromatic heterocycles. The monoisotopic (exact) mass is 394 g/mol. The number of nitrogens with one attached hydrogen (secondary N) is 1. The maximum atomic E-state index is 12.3. The van der Waals surface area contributed by atoms with Crippen molar-refractivity contribution in [2.45, 2.75) is 4.90 Å². The average Bonchev–Trinajstić information content (AvgIpc) is 2.88. The molecule has 9 nitrogen and oxygen atoms in total. The fraction of sp³-hybridized carbons (Fsp3) is 0. The summed E-state index contributed by atoms with van der Waals surface area (Å²) in [6, 6.07) is 9.41. The van der Waals surface area contributed by atoms with E-state index < -0.39 is 30.9 Å². The van der Waals surface area contributed by atoms with Gasteiger partial charge in [-0.1, -0.05) is 18.2 Å². The third kappa shape index (κ3) is 2.33. The van der Waals surface area contributed by atoms with Gasteiger partial charge >= 0.3 is 10.3 Å². The van der Waals surface area contributed by atoms with E-state index in [-0.39, 0.29) is 32.7 Å². The Balaban J connectivity index is 2.40. The molecule has 134 valence electrons. The number of aromatic nitrogens is 2. The first-order valence-electron chi connectivity index (χ1n) is 7.14. The van der Waals surface area contributed by atoms with Gasteiger partial charge in [0.15, 0.2) is 0 Å². The van der Waals surface area contributed by atoms with Crippen molar-refractivity contribution < 1.29 is 25.9 Å². The molecular weight excluding hydrogens is 384 g/mol. The van der Waals surface area contributed by atoms with Gasteiger partial charge in [-0.25, -0.2) is 3.97 Å². The van der Waals surface area contributed by atoms with Crippen LogP contribution >= 0.6 is 0 Å². The van der Waals surface area contributed by atoms with Crippen molar-refractivity contribution in [1.82, 2.24) is 8.96 Å². The average molecular weight is 394 g/mol. The summed E-state index contributed by atoms with van der Waals surface area (Å²) in [5.41, 5.74) is -0.570. The summed E-state index contributed by atoms with van der Waals surface area (Å²) in [4.78, 5) is 14.3. The highest BCUT2D eigenvalue weighted by Gasteiger charge is 2.24. The van der Waals surface area contributed by atoms with Crippen LogP contribution in [0.3, 0.4) is 0 Å². The number of hydrogen-bond acceptors (Lipinski definition) is 5. The molecule has 0 saturated heterocycles. The Labute approximate surface area is 146 Å². The lowest BCUT2D eigenvalue weighted by Gasteiger charge is -2.05. The normalized spacial score (nSPS) is 13.0. The van der Waals surface area contributed by atoms with Gasteiger partial charge in [0.2, 0.25) is 0 Å². The summed E-state index contributed by atoms with van der Waals surface area (Å²) < 4.78 is 66.3. The minimum Gasteiger partial charge on any atom is -0.320 e. The summed E-state index contributed by atoms with van der Waals surface area (Å²) in [5.74, 6) is 0. The Morgan fingerprint density at radius 3 is 2.15 bits per heavy atom. The number of aromatic amines is 1. The third-order valence-electron chi connectivity index (χ3n) is 4.09. The molecule has 0 aliphatic heterocycles. The van der Waals surface area contributed by atoms with Gasteiger partial charge in [-0.2, -0.15) is 16.8 Å². The van der Waals surface area contributed by atoms with Gasteiger partial charge < -0.3 is 4.98 Å². The molecular formula is C15H10N2O7S2. The second-order valence-electron chi connectivity index (χ2n) is 5.62. The number of H-pyrrole nitrogens is 1. The summed E-state index contributed by atoms with van der Waals surface area (Å²) >= 11 is 0. The van der Waals surface area contributed by atoms with Crippen molar-refractivity contribution in [2.75, 3.05) is 0 Å². The zero-order valence-corrected chi connectivity index (χ0v) is 14.4. The predicted octanol–water partition coefficient (Wildman–Crippen LogP) is 1.53. The summed E-state index contributed by atoms with van der Waals surface area (Å²) in [6.45, 7) is 0. The van der Waals surface area contributed by atoms with Crippen LogP contribution in [0.1, 0.15) is 0 Å². The second kappa shape index (κ2) is 5.14. The van der Waals surface area contributed by atoms with Crippen molar-refractivity contribution in [3.63, 3.8) is 0 Å². The molecule has 0 saturated carbocycles. The van der Waals surface area contributed by atoms with Gasteiger partial charge in [-0.05, 0) is 24.3 Å². The van der Waals surface area contributed by atoms with Crippen molar-refractivity contribution in [2.24, 2.45) is 0 Å². The lowest BCUT2D eigenvalue weighted by molar-refractivity contribution is 0.474. The smallest absolute Gasteiger partial charge is 0.320 e. The molecule has 4 aromatic rings. The van der Waals surface area contributed by atoms with Crippen LogP contribution in [0, 0.1) is 0 Å². The van der Waals surface area contributed by atoms with Gasteiger partial charge in [0.1, 0.15) is 0 Å². The van der Waals surface area contributed by atoms with Crippen LogP contribution in [0.5, 0.6) is 0 Å². The minimum atomic E-state index is -4.86. The first-order valence-corrected chi connectivity index (χ1v) is 9.97. The third-order valence-corrected chi connectivity index (χ3v) is 5.78. The molecule has 2 aromatic carbocycles. The Kier molecular flexibility index (Phi) is 3.31. The largest absolute Gasteiger partial charge is 0.364 e. The molecule has 0 aliphatic carbocycles. The first-order chi connectivity index (χ1) is 12.1. The van der Waals surface area contributed by atoms with Crippen LogP contribution in [0.25, 0.3) is 32.7 Å². The maximum absolute atomic E-state index is 12.3. The van der Waals surface area contributed by atoms with E-state index in [1.165, 1.54) is 18.2 Å². The molecule has 0 fully saturated rings. The number of pyridine rings is 1. The Bertz CT molecular complexity index is 1500. The fourth-order valence-corrected chi connectivity index (χ4v) is 4.40. The zero-order chi connectivity index (χ0) is 18.9. The van der Waals surface area contributed by atoms with E-state index in [0.29, 0.717) is 3.97 Å². The molecule has 0 bridgehead atoms. The van der Waals surface area contributed by atoms with E-state index >= 15 is 0 Å². The Morgan fingerprint density at radius 1 is 0.885 bits per heavy atom. The van der Waals surface area contributed by atoms with Crippen LogP contribution in [0.4, 0.5) is 0 Å². The Morgan fingerprint density at radius 2 is 1.54 bits per heavy atom. The molecule has 11 heteroatoms. The van der Waals surface area contributed by atoms with Crippen molar-refractivity contribution >= 4 is 53.1 Å². The second-order valence-corrected chi connectivity index (χ2v) is 8.30. The lowest BCUT2D eigenvalue weighted by atomic mass is 10.1. The van der Waals surface area contributed by atoms with E-state index in [1.807, 2.05) is 0 Å². The molecule has 0 unspecified atom stereocenters. The van der Waals surface area contributed by atoms with Gasteiger partial charge in [0.05, 0.1) is 21.4 Å². The minimum absolute atomic E-state index is 0.00909. The fourth-order valence-electron chi connectivity index (χ4n) is 3.08. The zero-order valence-electron chi connectivity index (χ0n) is 12.7. The van der Waals surface area contributed by atoms with E-state index in [0.717, 1.165) is 12.1 Å². The number of fused-ring (bicyclic) bond motifs is 5. The van der Waals surface area contributed by atoms with E-state index in [4.69, 9.17) is 0 Å².